The molecule has 4 rings (SSSR count). The second-order valence-electron chi connectivity index (χ2n) is 7.09. The number of hydrogen-bond acceptors (Lipinski definition) is 5. The maximum atomic E-state index is 12.6. The lowest BCUT2D eigenvalue weighted by molar-refractivity contribution is -0.123. The summed E-state index contributed by atoms with van der Waals surface area (Å²) in [6, 6.07) is 13.5. The van der Waals surface area contributed by atoms with Crippen molar-refractivity contribution in [3.8, 4) is 11.5 Å². The van der Waals surface area contributed by atoms with Crippen LogP contribution in [0.3, 0.4) is 0 Å². The Labute approximate surface area is 174 Å². The highest BCUT2D eigenvalue weighted by Gasteiger charge is 2.34. The Morgan fingerprint density at radius 2 is 1.72 bits per heavy atom. The number of fused-ring (bicyclic) bond motifs is 1. The summed E-state index contributed by atoms with van der Waals surface area (Å²) in [5.74, 6) is 1.27. The topological polar surface area (TPSA) is 55.8 Å². The van der Waals surface area contributed by atoms with Crippen LogP contribution in [0.4, 0.5) is 4.79 Å². The molecule has 1 saturated heterocycles. The molecule has 1 aliphatic carbocycles. The van der Waals surface area contributed by atoms with Gasteiger partial charge in [-0.05, 0) is 84.5 Å². The van der Waals surface area contributed by atoms with E-state index in [9.17, 15) is 9.59 Å². The monoisotopic (exact) mass is 409 g/mol. The lowest BCUT2D eigenvalue weighted by Crippen LogP contribution is -2.32. The summed E-state index contributed by atoms with van der Waals surface area (Å²) >= 11 is 0.963. The Bertz CT molecular complexity index is 952. The number of imide groups is 1. The number of thioether (sulfide) groups is 1. The summed E-state index contributed by atoms with van der Waals surface area (Å²) < 4.78 is 11.0. The molecule has 0 spiro atoms. The van der Waals surface area contributed by atoms with E-state index >= 15 is 0 Å². The molecule has 2 aromatic carbocycles. The minimum Gasteiger partial charge on any atom is -0.497 e. The first kappa shape index (κ1) is 19.6. The van der Waals surface area contributed by atoms with Gasteiger partial charge in [0, 0.05) is 0 Å². The number of hydrogen-bond donors (Lipinski definition) is 0. The van der Waals surface area contributed by atoms with E-state index in [0.717, 1.165) is 41.7 Å². The Hall–Kier alpha value is -2.73. The second-order valence-corrected chi connectivity index (χ2v) is 8.09. The number of carbonyl (C=O) groups excluding carboxylic acids is 2. The molecule has 5 nitrogen and oxygen atoms in total. The van der Waals surface area contributed by atoms with Crippen molar-refractivity contribution in [3.63, 3.8) is 0 Å². The van der Waals surface area contributed by atoms with Gasteiger partial charge in [-0.15, -0.1) is 0 Å². The molecular weight excluding hydrogens is 386 g/mol. The van der Waals surface area contributed by atoms with Gasteiger partial charge in [0.1, 0.15) is 18.1 Å². The molecule has 0 saturated carbocycles. The SMILES string of the molecule is COc1ccc(/C=C2/SC(=O)N(CCOc3ccc4c(c3)CCCC4)C2=O)cc1. The second kappa shape index (κ2) is 8.74. The molecule has 0 bridgehead atoms. The molecule has 6 heteroatoms. The summed E-state index contributed by atoms with van der Waals surface area (Å²) in [5.41, 5.74) is 3.60. The van der Waals surface area contributed by atoms with Crippen LogP contribution in [-0.4, -0.2) is 36.3 Å². The molecule has 0 radical (unpaired) electrons. The average molecular weight is 410 g/mol. The number of aryl methyl sites for hydroxylation is 2. The van der Waals surface area contributed by atoms with E-state index < -0.39 is 0 Å². The van der Waals surface area contributed by atoms with Crippen LogP contribution < -0.4 is 9.47 Å². The van der Waals surface area contributed by atoms with Crippen molar-refractivity contribution in [3.05, 3.63) is 64.1 Å². The van der Waals surface area contributed by atoms with Gasteiger partial charge < -0.3 is 9.47 Å². The molecular formula is C23H23NO4S. The molecule has 0 atom stereocenters. The Morgan fingerprint density at radius 1 is 1.00 bits per heavy atom. The molecule has 1 aliphatic heterocycles. The quantitative estimate of drug-likeness (QED) is 0.648. The van der Waals surface area contributed by atoms with E-state index in [1.54, 1.807) is 13.2 Å². The maximum absolute atomic E-state index is 12.6. The fraction of sp³-hybridized carbons (Fsp3) is 0.304. The first-order valence-electron chi connectivity index (χ1n) is 9.78. The van der Waals surface area contributed by atoms with Gasteiger partial charge in [0.25, 0.3) is 11.1 Å². The minimum absolute atomic E-state index is 0.238. The number of rotatable bonds is 6. The zero-order chi connectivity index (χ0) is 20.2. The first-order valence-corrected chi connectivity index (χ1v) is 10.6. The van der Waals surface area contributed by atoms with Crippen molar-refractivity contribution in [2.75, 3.05) is 20.3 Å². The van der Waals surface area contributed by atoms with Gasteiger partial charge in [0.15, 0.2) is 0 Å². The number of carbonyl (C=O) groups is 2. The van der Waals surface area contributed by atoms with E-state index in [1.165, 1.54) is 28.9 Å². The summed E-state index contributed by atoms with van der Waals surface area (Å²) in [5, 5.41) is -0.260. The summed E-state index contributed by atoms with van der Waals surface area (Å²) in [6.45, 7) is 0.522. The third-order valence-electron chi connectivity index (χ3n) is 5.19. The van der Waals surface area contributed by atoms with E-state index in [-0.39, 0.29) is 24.3 Å². The van der Waals surface area contributed by atoms with Crippen molar-refractivity contribution >= 4 is 29.0 Å². The van der Waals surface area contributed by atoms with Crippen LogP contribution in [0.1, 0.15) is 29.5 Å². The zero-order valence-electron chi connectivity index (χ0n) is 16.3. The molecule has 2 aromatic rings. The number of amides is 2. The van der Waals surface area contributed by atoms with Gasteiger partial charge in [0.2, 0.25) is 0 Å². The van der Waals surface area contributed by atoms with E-state index in [0.29, 0.717) is 4.91 Å². The van der Waals surface area contributed by atoms with Crippen LogP contribution in [0, 0.1) is 0 Å². The Balaban J connectivity index is 1.36. The average Bonchev–Trinajstić information content (AvgIpc) is 3.01. The number of methoxy groups -OCH3 is 1. The van der Waals surface area contributed by atoms with E-state index in [1.807, 2.05) is 30.3 Å². The predicted molar refractivity (Wildman–Crippen MR) is 114 cm³/mol. The van der Waals surface area contributed by atoms with Gasteiger partial charge in [-0.25, -0.2) is 0 Å². The molecule has 1 heterocycles. The summed E-state index contributed by atoms with van der Waals surface area (Å²) in [7, 11) is 1.60. The van der Waals surface area contributed by atoms with Crippen molar-refractivity contribution in [2.24, 2.45) is 0 Å². The van der Waals surface area contributed by atoms with Crippen molar-refractivity contribution in [1.82, 2.24) is 4.90 Å². The van der Waals surface area contributed by atoms with Gasteiger partial charge >= 0.3 is 0 Å². The van der Waals surface area contributed by atoms with Crippen LogP contribution in [0.25, 0.3) is 6.08 Å². The third kappa shape index (κ3) is 4.48. The lowest BCUT2D eigenvalue weighted by atomic mass is 9.92. The molecule has 0 N–H and O–H groups in total. The van der Waals surface area contributed by atoms with Crippen LogP contribution >= 0.6 is 11.8 Å². The predicted octanol–water partition coefficient (Wildman–Crippen LogP) is 4.69. The highest BCUT2D eigenvalue weighted by molar-refractivity contribution is 8.18. The molecule has 29 heavy (non-hydrogen) atoms. The highest BCUT2D eigenvalue weighted by Crippen LogP contribution is 2.32. The fourth-order valence-electron chi connectivity index (χ4n) is 3.60. The molecule has 2 aliphatic rings. The van der Waals surface area contributed by atoms with Crippen molar-refractivity contribution in [2.45, 2.75) is 25.7 Å². The minimum atomic E-state index is -0.273. The van der Waals surface area contributed by atoms with Gasteiger partial charge in [-0.3, -0.25) is 14.5 Å². The summed E-state index contributed by atoms with van der Waals surface area (Å²) in [6.07, 6.45) is 6.41. The van der Waals surface area contributed by atoms with Gasteiger partial charge in [-0.1, -0.05) is 18.2 Å². The normalized spacial score (nSPS) is 17.6. The molecule has 150 valence electrons. The lowest BCUT2D eigenvalue weighted by Gasteiger charge is -2.17. The zero-order valence-corrected chi connectivity index (χ0v) is 17.2. The molecule has 0 unspecified atom stereocenters. The summed E-state index contributed by atoms with van der Waals surface area (Å²) in [4.78, 5) is 26.6. The Morgan fingerprint density at radius 3 is 2.48 bits per heavy atom. The van der Waals surface area contributed by atoms with E-state index in [2.05, 4.69) is 12.1 Å². The fourth-order valence-corrected chi connectivity index (χ4v) is 4.46. The van der Waals surface area contributed by atoms with Crippen LogP contribution in [-0.2, 0) is 17.6 Å². The van der Waals surface area contributed by atoms with Gasteiger partial charge in [0.05, 0.1) is 18.6 Å². The smallest absolute Gasteiger partial charge is 0.293 e. The largest absolute Gasteiger partial charge is 0.497 e. The maximum Gasteiger partial charge on any atom is 0.293 e. The number of ether oxygens (including phenoxy) is 2. The van der Waals surface area contributed by atoms with E-state index in [4.69, 9.17) is 9.47 Å². The third-order valence-corrected chi connectivity index (χ3v) is 6.10. The molecule has 2 amide bonds. The number of nitrogens with zero attached hydrogens (tertiary/aromatic N) is 1. The number of benzene rings is 2. The molecule has 1 fully saturated rings. The first-order chi connectivity index (χ1) is 14.1. The standard InChI is InChI=1S/C23H23NO4S/c1-27-19-9-6-16(7-10-19)14-21-22(25)24(23(26)29-21)12-13-28-20-11-8-17-4-2-3-5-18(17)15-20/h6-11,14-15H,2-5,12-13H2,1H3/b21-14+. The Kier molecular flexibility index (Phi) is 5.90. The molecule has 0 aromatic heterocycles. The van der Waals surface area contributed by atoms with Crippen LogP contribution in [0.2, 0.25) is 0 Å². The van der Waals surface area contributed by atoms with Crippen molar-refractivity contribution in [1.29, 1.82) is 0 Å². The van der Waals surface area contributed by atoms with Crippen LogP contribution in [0.15, 0.2) is 47.4 Å². The van der Waals surface area contributed by atoms with Crippen LogP contribution in [0.5, 0.6) is 11.5 Å². The highest BCUT2D eigenvalue weighted by atomic mass is 32.2. The van der Waals surface area contributed by atoms with Gasteiger partial charge in [-0.2, -0.15) is 0 Å². The van der Waals surface area contributed by atoms with Crippen molar-refractivity contribution < 1.29 is 19.1 Å².